The predicted octanol–water partition coefficient (Wildman–Crippen LogP) is 8.85. The molecule has 0 unspecified atom stereocenters. The second-order valence-electron chi connectivity index (χ2n) is 8.61. The summed E-state index contributed by atoms with van der Waals surface area (Å²) < 4.78 is 103. The molecule has 0 aliphatic heterocycles. The van der Waals surface area contributed by atoms with Crippen LogP contribution in [0.15, 0.2) is 36.3 Å². The fourth-order valence-electron chi connectivity index (χ4n) is 4.46. The summed E-state index contributed by atoms with van der Waals surface area (Å²) in [5, 5.41) is 0. The summed E-state index contributed by atoms with van der Waals surface area (Å²) in [6, 6.07) is -2.18. The van der Waals surface area contributed by atoms with Gasteiger partial charge in [-0.1, -0.05) is 70.4 Å². The molecule has 0 saturated heterocycles. The van der Waals surface area contributed by atoms with Gasteiger partial charge in [0, 0.05) is 0 Å². The van der Waals surface area contributed by atoms with Crippen molar-refractivity contribution in [3.63, 3.8) is 0 Å². The van der Waals surface area contributed by atoms with Crippen LogP contribution in [0.4, 0.5) is 22.0 Å². The molecule has 6 heteroatoms. The number of hydrogen-bond acceptors (Lipinski definition) is 1. The molecule has 0 amide bonds. The summed E-state index contributed by atoms with van der Waals surface area (Å²) in [6.07, 6.45) is 5.50. The van der Waals surface area contributed by atoms with Crippen LogP contribution in [0.25, 0.3) is 11.1 Å². The van der Waals surface area contributed by atoms with Gasteiger partial charge in [-0.05, 0) is 60.0 Å². The highest BCUT2D eigenvalue weighted by molar-refractivity contribution is 5.66. The van der Waals surface area contributed by atoms with Gasteiger partial charge >= 0.3 is 6.36 Å². The first-order valence-corrected chi connectivity index (χ1v) is 11.3. The van der Waals surface area contributed by atoms with Crippen LogP contribution in [0.2, 0.25) is 0 Å². The monoisotopic (exact) mass is 458 g/mol. The molecule has 3 rings (SSSR count). The van der Waals surface area contributed by atoms with E-state index >= 15 is 8.78 Å². The Kier molecular flexibility index (Phi) is 6.75. The summed E-state index contributed by atoms with van der Waals surface area (Å²) in [5.41, 5.74) is -1.14. The van der Waals surface area contributed by atoms with Gasteiger partial charge < -0.3 is 4.74 Å². The molecule has 0 bridgehead atoms. The molecule has 0 radical (unpaired) electrons. The second-order valence-corrected chi connectivity index (χ2v) is 8.61. The highest BCUT2D eigenvalue weighted by Gasteiger charge is 2.31. The zero-order valence-electron chi connectivity index (χ0n) is 22.2. The molecule has 2 aromatic carbocycles. The average molecular weight is 459 g/mol. The normalized spacial score (nSPS) is 20.9. The highest BCUT2D eigenvalue weighted by atomic mass is 19.4. The fourth-order valence-corrected chi connectivity index (χ4v) is 4.46. The Balaban J connectivity index is 1.75. The van der Waals surface area contributed by atoms with Gasteiger partial charge in [0.1, 0.15) is 17.4 Å². The van der Waals surface area contributed by atoms with E-state index in [0.717, 1.165) is 37.3 Å². The Bertz CT molecular complexity index is 1010. The Labute approximate surface area is 192 Å². The maximum absolute atomic E-state index is 15.0. The minimum atomic E-state index is -5.25. The molecule has 1 nitrogen and oxygen atoms in total. The van der Waals surface area contributed by atoms with Gasteiger partial charge in [-0.25, -0.2) is 8.78 Å². The number of hydrogen-bond donors (Lipinski definition) is 0. The molecule has 32 heavy (non-hydrogen) atoms. The molecule has 0 atom stereocenters. The largest absolute Gasteiger partial charge is 0.573 e. The van der Waals surface area contributed by atoms with Crippen LogP contribution in [0.1, 0.15) is 75.8 Å². The van der Waals surface area contributed by atoms with Crippen molar-refractivity contribution in [2.24, 2.45) is 11.8 Å². The quantitative estimate of drug-likeness (QED) is 0.269. The summed E-state index contributed by atoms with van der Waals surface area (Å²) in [6.45, 7) is 2.19. The van der Waals surface area contributed by atoms with Crippen molar-refractivity contribution in [1.29, 1.82) is 0 Å². The standard InChI is InChI=1S/C26H31F5O/c1-2-3-4-5-18-6-8-19(9-7-18)10-11-20-16-23(27)25(24(28)17-20)21-12-14-22(15-13-21)32-26(29,30)31/h12-19H,2-11H2,1H3/i12D,13D,14D,15D. The zero-order chi connectivity index (χ0) is 26.6. The van der Waals surface area contributed by atoms with Gasteiger partial charge in [0.05, 0.1) is 11.0 Å². The molecule has 1 aliphatic carbocycles. The Morgan fingerprint density at radius 1 is 0.906 bits per heavy atom. The van der Waals surface area contributed by atoms with E-state index in [1.165, 1.54) is 38.5 Å². The third-order valence-corrected chi connectivity index (χ3v) is 6.20. The lowest BCUT2D eigenvalue weighted by Crippen LogP contribution is -2.16. The summed E-state index contributed by atoms with van der Waals surface area (Å²) >= 11 is 0. The number of ether oxygens (including phenoxy) is 1. The Morgan fingerprint density at radius 3 is 2.00 bits per heavy atom. The van der Waals surface area contributed by atoms with Crippen LogP contribution in [0.3, 0.4) is 0 Å². The van der Waals surface area contributed by atoms with Crippen LogP contribution in [-0.4, -0.2) is 6.36 Å². The Hall–Kier alpha value is -2.11. The van der Waals surface area contributed by atoms with E-state index in [1.54, 1.807) is 0 Å². The number of unbranched alkanes of at least 4 members (excludes halogenated alkanes) is 2. The molecule has 0 heterocycles. The SMILES string of the molecule is [2H]c1c([2H])c(-c2c(F)cc(CCC3CCC(CCCCC)CC3)cc2F)c([2H])c([2H])c1OC(F)(F)F. The molecule has 0 aromatic heterocycles. The van der Waals surface area contributed by atoms with Gasteiger partial charge in [-0.2, -0.15) is 0 Å². The lowest BCUT2D eigenvalue weighted by molar-refractivity contribution is -0.274. The van der Waals surface area contributed by atoms with E-state index in [1.807, 2.05) is 0 Å². The summed E-state index contributed by atoms with van der Waals surface area (Å²) in [4.78, 5) is 0. The second kappa shape index (κ2) is 11.2. The number of halogens is 5. The van der Waals surface area contributed by atoms with E-state index in [2.05, 4.69) is 11.7 Å². The molecule has 0 spiro atoms. The minimum Gasteiger partial charge on any atom is -0.406 e. The van der Waals surface area contributed by atoms with E-state index in [0.29, 0.717) is 17.9 Å². The van der Waals surface area contributed by atoms with E-state index < -0.39 is 59.0 Å². The smallest absolute Gasteiger partial charge is 0.406 e. The number of benzene rings is 2. The third kappa shape index (κ3) is 7.21. The first kappa shape index (κ1) is 19.4. The molecule has 2 aromatic rings. The average Bonchev–Trinajstić information content (AvgIpc) is 2.81. The van der Waals surface area contributed by atoms with Crippen LogP contribution in [0.5, 0.6) is 5.75 Å². The van der Waals surface area contributed by atoms with Gasteiger partial charge in [0.2, 0.25) is 0 Å². The van der Waals surface area contributed by atoms with Crippen molar-refractivity contribution in [2.45, 2.75) is 77.5 Å². The third-order valence-electron chi connectivity index (χ3n) is 6.20. The van der Waals surface area contributed by atoms with E-state index in [9.17, 15) is 13.2 Å². The lowest BCUT2D eigenvalue weighted by Gasteiger charge is -2.28. The molecular formula is C26H31F5O. The van der Waals surface area contributed by atoms with Crippen molar-refractivity contribution in [2.75, 3.05) is 0 Å². The first-order chi connectivity index (χ1) is 16.9. The predicted molar refractivity (Wildman–Crippen MR) is 116 cm³/mol. The Morgan fingerprint density at radius 2 is 1.47 bits per heavy atom. The van der Waals surface area contributed by atoms with Crippen LogP contribution >= 0.6 is 0 Å². The van der Waals surface area contributed by atoms with Crippen LogP contribution in [0, 0.1) is 23.5 Å². The highest BCUT2D eigenvalue weighted by Crippen LogP contribution is 2.35. The van der Waals surface area contributed by atoms with E-state index in [-0.39, 0.29) is 0 Å². The van der Waals surface area contributed by atoms with Crippen LogP contribution in [-0.2, 0) is 6.42 Å². The van der Waals surface area contributed by atoms with Crippen molar-refractivity contribution in [1.82, 2.24) is 0 Å². The number of alkyl halides is 3. The maximum atomic E-state index is 15.0. The summed E-state index contributed by atoms with van der Waals surface area (Å²) in [7, 11) is 0. The fraction of sp³-hybridized carbons (Fsp3) is 0.538. The van der Waals surface area contributed by atoms with Crippen molar-refractivity contribution in [3.8, 4) is 16.9 Å². The zero-order valence-corrected chi connectivity index (χ0v) is 18.2. The van der Waals surface area contributed by atoms with E-state index in [4.69, 9.17) is 5.48 Å². The maximum Gasteiger partial charge on any atom is 0.573 e. The summed E-state index contributed by atoms with van der Waals surface area (Å²) in [5.74, 6) is -2.28. The van der Waals surface area contributed by atoms with Crippen LogP contribution < -0.4 is 4.74 Å². The van der Waals surface area contributed by atoms with Crippen molar-refractivity contribution < 1.29 is 32.2 Å². The number of rotatable bonds is 9. The molecule has 1 fully saturated rings. The molecule has 1 aliphatic rings. The molecular weight excluding hydrogens is 423 g/mol. The van der Waals surface area contributed by atoms with Gasteiger partial charge in [0.25, 0.3) is 0 Å². The minimum absolute atomic E-state index is 0.408. The topological polar surface area (TPSA) is 9.23 Å². The lowest BCUT2D eigenvalue weighted by atomic mass is 9.77. The van der Waals surface area contributed by atoms with Gasteiger partial charge in [0.15, 0.2) is 0 Å². The first-order valence-electron chi connectivity index (χ1n) is 13.3. The van der Waals surface area contributed by atoms with Gasteiger partial charge in [-0.15, -0.1) is 13.2 Å². The molecule has 0 N–H and O–H groups in total. The van der Waals surface area contributed by atoms with Crippen molar-refractivity contribution >= 4 is 0 Å². The molecule has 1 saturated carbocycles. The van der Waals surface area contributed by atoms with Crippen molar-refractivity contribution in [3.05, 3.63) is 53.5 Å². The number of aryl methyl sites for hydroxylation is 1. The molecule has 176 valence electrons. The van der Waals surface area contributed by atoms with Gasteiger partial charge in [-0.3, -0.25) is 0 Å².